The fraction of sp³-hybridized carbons (Fsp3) is 0.538. The van der Waals surface area contributed by atoms with Crippen LogP contribution >= 0.6 is 11.6 Å². The molecule has 1 aromatic rings. The zero-order chi connectivity index (χ0) is 10.9. The summed E-state index contributed by atoms with van der Waals surface area (Å²) in [5, 5.41) is 0.0850. The highest BCUT2D eigenvalue weighted by molar-refractivity contribution is 6.21. The van der Waals surface area contributed by atoms with Crippen molar-refractivity contribution in [1.29, 1.82) is 0 Å². The van der Waals surface area contributed by atoms with Crippen molar-refractivity contribution in [3.63, 3.8) is 0 Å². The van der Waals surface area contributed by atoms with Crippen molar-refractivity contribution in [3.05, 3.63) is 34.9 Å². The van der Waals surface area contributed by atoms with Crippen LogP contribution < -0.4 is 0 Å². The summed E-state index contributed by atoms with van der Waals surface area (Å²) >= 11 is 6.41. The van der Waals surface area contributed by atoms with Crippen molar-refractivity contribution >= 4 is 11.6 Å². The molecule has 0 radical (unpaired) electrons. The molecule has 0 aliphatic rings. The third-order valence-corrected chi connectivity index (χ3v) is 3.49. The summed E-state index contributed by atoms with van der Waals surface area (Å²) in [6.07, 6.45) is 0. The quantitative estimate of drug-likeness (QED) is 0.593. The molecule has 1 aromatic carbocycles. The first kappa shape index (κ1) is 11.6. The normalized spacial score (nSPS) is 14.1. The van der Waals surface area contributed by atoms with Crippen molar-refractivity contribution in [2.75, 3.05) is 0 Å². The molecule has 0 fully saturated rings. The van der Waals surface area contributed by atoms with E-state index < -0.39 is 0 Å². The molecule has 1 rings (SSSR count). The van der Waals surface area contributed by atoms with E-state index in [1.54, 1.807) is 0 Å². The van der Waals surface area contributed by atoms with Crippen molar-refractivity contribution in [3.8, 4) is 0 Å². The monoisotopic (exact) mass is 210 g/mol. The summed E-state index contributed by atoms with van der Waals surface area (Å²) in [5.74, 6) is 0. The van der Waals surface area contributed by atoms with Gasteiger partial charge in [0, 0.05) is 0 Å². The zero-order valence-electron chi connectivity index (χ0n) is 9.69. The van der Waals surface area contributed by atoms with E-state index in [0.717, 1.165) is 0 Å². The Kier molecular flexibility index (Phi) is 3.26. The van der Waals surface area contributed by atoms with E-state index in [2.05, 4.69) is 52.8 Å². The molecule has 0 N–H and O–H groups in total. The van der Waals surface area contributed by atoms with Gasteiger partial charge >= 0.3 is 0 Å². The minimum Gasteiger partial charge on any atom is -0.117 e. The number of hydrogen-bond acceptors (Lipinski definition) is 0. The number of hydrogen-bond donors (Lipinski definition) is 0. The summed E-state index contributed by atoms with van der Waals surface area (Å²) in [4.78, 5) is 0. The first-order valence-corrected chi connectivity index (χ1v) is 5.47. The molecule has 14 heavy (non-hydrogen) atoms. The summed E-state index contributed by atoms with van der Waals surface area (Å²) in [6.45, 7) is 10.8. The number of halogens is 1. The van der Waals surface area contributed by atoms with Crippen molar-refractivity contribution < 1.29 is 0 Å². The fourth-order valence-corrected chi connectivity index (χ4v) is 1.56. The van der Waals surface area contributed by atoms with Crippen LogP contribution in [-0.2, 0) is 0 Å². The lowest BCUT2D eigenvalue weighted by Gasteiger charge is -2.25. The van der Waals surface area contributed by atoms with Crippen LogP contribution in [0.15, 0.2) is 18.2 Å². The Hall–Kier alpha value is -0.490. The van der Waals surface area contributed by atoms with Crippen LogP contribution in [0.4, 0.5) is 0 Å². The fourth-order valence-electron chi connectivity index (χ4n) is 1.42. The van der Waals surface area contributed by atoms with Crippen LogP contribution in [0.25, 0.3) is 0 Å². The molecule has 1 atom stereocenters. The molecular weight excluding hydrogens is 192 g/mol. The maximum atomic E-state index is 6.41. The van der Waals surface area contributed by atoms with Gasteiger partial charge in [-0.15, -0.1) is 11.6 Å². The van der Waals surface area contributed by atoms with E-state index in [4.69, 9.17) is 11.6 Å². The Morgan fingerprint density at radius 3 is 2.07 bits per heavy atom. The van der Waals surface area contributed by atoms with E-state index in [-0.39, 0.29) is 10.8 Å². The van der Waals surface area contributed by atoms with Gasteiger partial charge in [0.1, 0.15) is 0 Å². The molecule has 0 amide bonds. The topological polar surface area (TPSA) is 0 Å². The van der Waals surface area contributed by atoms with Gasteiger partial charge in [0.25, 0.3) is 0 Å². The first-order valence-electron chi connectivity index (χ1n) is 5.03. The Morgan fingerprint density at radius 1 is 1.07 bits per heavy atom. The van der Waals surface area contributed by atoms with Gasteiger partial charge in [0.05, 0.1) is 5.38 Å². The molecule has 0 saturated heterocycles. The van der Waals surface area contributed by atoms with Crippen molar-refractivity contribution in [2.45, 2.75) is 40.0 Å². The number of alkyl halides is 1. The molecule has 0 aromatic heterocycles. The van der Waals surface area contributed by atoms with Gasteiger partial charge in [-0.2, -0.15) is 0 Å². The van der Waals surface area contributed by atoms with Gasteiger partial charge in [0.2, 0.25) is 0 Å². The van der Waals surface area contributed by atoms with Gasteiger partial charge in [-0.1, -0.05) is 39.0 Å². The van der Waals surface area contributed by atoms with Crippen LogP contribution in [-0.4, -0.2) is 0 Å². The molecule has 1 heteroatoms. The Morgan fingerprint density at radius 2 is 1.64 bits per heavy atom. The van der Waals surface area contributed by atoms with Crippen molar-refractivity contribution in [2.24, 2.45) is 5.41 Å². The van der Waals surface area contributed by atoms with Gasteiger partial charge in [0.15, 0.2) is 0 Å². The van der Waals surface area contributed by atoms with Gasteiger partial charge in [-0.05, 0) is 36.0 Å². The molecule has 0 saturated carbocycles. The van der Waals surface area contributed by atoms with Crippen molar-refractivity contribution in [1.82, 2.24) is 0 Å². The molecule has 0 heterocycles. The number of aryl methyl sites for hydroxylation is 2. The molecule has 0 aliphatic heterocycles. The van der Waals surface area contributed by atoms with Crippen LogP contribution in [0.3, 0.4) is 0 Å². The standard InChI is InChI=1S/C13H19Cl/c1-9-6-7-11(8-10(9)2)12(14)13(3,4)5/h6-8,12H,1-5H3. The van der Waals surface area contributed by atoms with E-state index in [1.807, 2.05) is 0 Å². The second-order valence-electron chi connectivity index (χ2n) is 5.07. The Balaban J connectivity index is 3.03. The minimum atomic E-state index is 0.0850. The average molecular weight is 211 g/mol. The first-order chi connectivity index (χ1) is 6.32. The molecule has 0 aliphatic carbocycles. The molecule has 0 spiro atoms. The molecular formula is C13H19Cl. The summed E-state index contributed by atoms with van der Waals surface area (Å²) < 4.78 is 0. The number of rotatable bonds is 1. The second-order valence-corrected chi connectivity index (χ2v) is 5.51. The summed E-state index contributed by atoms with van der Waals surface area (Å²) in [6, 6.07) is 6.47. The lowest BCUT2D eigenvalue weighted by atomic mass is 9.86. The number of benzene rings is 1. The summed E-state index contributed by atoms with van der Waals surface area (Å²) in [7, 11) is 0. The predicted octanol–water partition coefficient (Wildman–Crippen LogP) is 4.63. The predicted molar refractivity (Wildman–Crippen MR) is 64.0 cm³/mol. The van der Waals surface area contributed by atoms with Crippen LogP contribution in [0.1, 0.15) is 42.8 Å². The van der Waals surface area contributed by atoms with Gasteiger partial charge in [-0.3, -0.25) is 0 Å². The smallest absolute Gasteiger partial charge is 0.0633 e. The Labute approximate surface area is 92.3 Å². The van der Waals surface area contributed by atoms with E-state index >= 15 is 0 Å². The second kappa shape index (κ2) is 3.94. The maximum Gasteiger partial charge on any atom is 0.0633 e. The van der Waals surface area contributed by atoms with E-state index in [0.29, 0.717) is 0 Å². The lowest BCUT2D eigenvalue weighted by molar-refractivity contribution is 0.396. The zero-order valence-corrected chi connectivity index (χ0v) is 10.4. The highest BCUT2D eigenvalue weighted by Gasteiger charge is 2.23. The highest BCUT2D eigenvalue weighted by atomic mass is 35.5. The molecule has 0 nitrogen and oxygen atoms in total. The average Bonchev–Trinajstić information content (AvgIpc) is 2.07. The van der Waals surface area contributed by atoms with Gasteiger partial charge in [-0.25, -0.2) is 0 Å². The van der Waals surface area contributed by atoms with Gasteiger partial charge < -0.3 is 0 Å². The molecule has 0 bridgehead atoms. The third-order valence-electron chi connectivity index (χ3n) is 2.58. The van der Waals surface area contributed by atoms with Crippen LogP contribution in [0, 0.1) is 19.3 Å². The van der Waals surface area contributed by atoms with E-state index in [1.165, 1.54) is 16.7 Å². The minimum absolute atomic E-state index is 0.0850. The maximum absolute atomic E-state index is 6.41. The van der Waals surface area contributed by atoms with Crippen LogP contribution in [0.2, 0.25) is 0 Å². The van der Waals surface area contributed by atoms with Crippen LogP contribution in [0.5, 0.6) is 0 Å². The lowest BCUT2D eigenvalue weighted by Crippen LogP contribution is -2.13. The molecule has 78 valence electrons. The Bertz CT molecular complexity index is 320. The molecule has 1 unspecified atom stereocenters. The summed E-state index contributed by atoms with van der Waals surface area (Å²) in [5.41, 5.74) is 3.98. The highest BCUT2D eigenvalue weighted by Crippen LogP contribution is 2.38. The van der Waals surface area contributed by atoms with E-state index in [9.17, 15) is 0 Å². The largest absolute Gasteiger partial charge is 0.117 e. The SMILES string of the molecule is Cc1ccc(C(Cl)C(C)(C)C)cc1C. The third kappa shape index (κ3) is 2.51.